The number of rotatable bonds is 7. The van der Waals surface area contributed by atoms with Gasteiger partial charge in [-0.1, -0.05) is 13.3 Å². The summed E-state index contributed by atoms with van der Waals surface area (Å²) in [6.45, 7) is 4.50. The number of nitro benzene ring substituents is 1. The van der Waals surface area contributed by atoms with E-state index in [1.807, 2.05) is 6.92 Å². The third-order valence-corrected chi connectivity index (χ3v) is 3.72. The molecule has 1 aliphatic carbocycles. The first-order chi connectivity index (χ1) is 10.1. The predicted molar refractivity (Wildman–Crippen MR) is 81.5 cm³/mol. The fourth-order valence-electron chi connectivity index (χ4n) is 2.53. The molecular weight excluding hydrogens is 270 g/mol. The first-order valence-corrected chi connectivity index (χ1v) is 7.40. The van der Waals surface area contributed by atoms with E-state index >= 15 is 0 Å². The molecule has 2 unspecified atom stereocenters. The van der Waals surface area contributed by atoms with Crippen molar-refractivity contribution in [2.75, 3.05) is 11.9 Å². The monoisotopic (exact) mass is 291 g/mol. The largest absolute Gasteiger partial charge is 0.376 e. The van der Waals surface area contributed by atoms with E-state index in [4.69, 9.17) is 0 Å². The zero-order valence-corrected chi connectivity index (χ0v) is 12.4. The van der Waals surface area contributed by atoms with Crippen molar-refractivity contribution >= 4 is 17.3 Å². The van der Waals surface area contributed by atoms with Crippen LogP contribution in [0.5, 0.6) is 0 Å². The fourth-order valence-corrected chi connectivity index (χ4v) is 2.53. The van der Waals surface area contributed by atoms with E-state index in [1.54, 1.807) is 6.07 Å². The van der Waals surface area contributed by atoms with Crippen LogP contribution in [0, 0.1) is 16.0 Å². The highest BCUT2D eigenvalue weighted by atomic mass is 16.6. The molecule has 2 rings (SSSR count). The van der Waals surface area contributed by atoms with Crippen molar-refractivity contribution in [3.63, 3.8) is 0 Å². The summed E-state index contributed by atoms with van der Waals surface area (Å²) in [7, 11) is 0. The van der Waals surface area contributed by atoms with Gasteiger partial charge < -0.3 is 10.6 Å². The zero-order valence-electron chi connectivity index (χ0n) is 12.4. The van der Waals surface area contributed by atoms with Crippen molar-refractivity contribution in [3.8, 4) is 0 Å². The Morgan fingerprint density at radius 2 is 2.19 bits per heavy atom. The second kappa shape index (κ2) is 6.56. The summed E-state index contributed by atoms with van der Waals surface area (Å²) < 4.78 is 0. The lowest BCUT2D eigenvalue weighted by Crippen LogP contribution is -2.22. The first-order valence-electron chi connectivity index (χ1n) is 7.40. The van der Waals surface area contributed by atoms with Crippen LogP contribution >= 0.6 is 0 Å². The average molecular weight is 291 g/mol. The van der Waals surface area contributed by atoms with E-state index in [9.17, 15) is 14.9 Å². The molecule has 0 aliphatic heterocycles. The van der Waals surface area contributed by atoms with E-state index in [2.05, 4.69) is 17.6 Å². The van der Waals surface area contributed by atoms with Gasteiger partial charge in [0.2, 0.25) is 0 Å². The van der Waals surface area contributed by atoms with Crippen LogP contribution in [0.3, 0.4) is 0 Å². The Kier molecular flexibility index (Phi) is 4.77. The van der Waals surface area contributed by atoms with Gasteiger partial charge in [-0.15, -0.1) is 0 Å². The lowest BCUT2D eigenvalue weighted by atomic mass is 10.1. The molecule has 6 nitrogen and oxygen atoms in total. The van der Waals surface area contributed by atoms with Gasteiger partial charge in [0.1, 0.15) is 5.69 Å². The molecule has 1 aliphatic rings. The molecule has 6 heteroatoms. The maximum Gasteiger partial charge on any atom is 0.292 e. The lowest BCUT2D eigenvalue weighted by molar-refractivity contribution is -0.384. The Balaban J connectivity index is 2.17. The molecule has 114 valence electrons. The number of nitro groups is 1. The third kappa shape index (κ3) is 3.71. The van der Waals surface area contributed by atoms with Gasteiger partial charge in [-0.3, -0.25) is 14.9 Å². The summed E-state index contributed by atoms with van der Waals surface area (Å²) in [5, 5.41) is 17.0. The molecule has 0 saturated heterocycles. The number of anilines is 1. The normalized spacial score (nSPS) is 19.9. The number of carbonyl (C=O) groups excluding carboxylic acids is 1. The number of hydrogen-bond acceptors (Lipinski definition) is 4. The van der Waals surface area contributed by atoms with Crippen molar-refractivity contribution in [2.45, 2.75) is 39.2 Å². The lowest BCUT2D eigenvalue weighted by Gasteiger charge is -2.09. The predicted octanol–water partition coefficient (Wildman–Crippen LogP) is 2.95. The van der Waals surface area contributed by atoms with Crippen LogP contribution in [-0.4, -0.2) is 23.4 Å². The molecule has 21 heavy (non-hydrogen) atoms. The first kappa shape index (κ1) is 15.3. The van der Waals surface area contributed by atoms with Crippen LogP contribution in [0.2, 0.25) is 0 Å². The highest BCUT2D eigenvalue weighted by Crippen LogP contribution is 2.39. The maximum absolute atomic E-state index is 11.8. The van der Waals surface area contributed by atoms with Crippen molar-refractivity contribution in [1.82, 2.24) is 5.32 Å². The molecule has 1 aromatic rings. The summed E-state index contributed by atoms with van der Waals surface area (Å²) in [6, 6.07) is 4.74. The Bertz CT molecular complexity index is 545. The number of hydrogen-bond donors (Lipinski definition) is 2. The molecule has 0 heterocycles. The van der Waals surface area contributed by atoms with Crippen molar-refractivity contribution in [2.24, 2.45) is 5.92 Å². The minimum absolute atomic E-state index is 0.0187. The summed E-state index contributed by atoms with van der Waals surface area (Å²) in [4.78, 5) is 22.5. The molecule has 1 amide bonds. The Labute approximate surface area is 124 Å². The Morgan fingerprint density at radius 3 is 2.81 bits per heavy atom. The van der Waals surface area contributed by atoms with Crippen molar-refractivity contribution < 1.29 is 9.72 Å². The van der Waals surface area contributed by atoms with Gasteiger partial charge in [-0.2, -0.15) is 0 Å². The number of carbonyl (C=O) groups is 1. The molecule has 2 N–H and O–H groups in total. The minimum Gasteiger partial charge on any atom is -0.376 e. The van der Waals surface area contributed by atoms with E-state index in [1.165, 1.54) is 12.1 Å². The second-order valence-electron chi connectivity index (χ2n) is 5.38. The van der Waals surface area contributed by atoms with Crippen molar-refractivity contribution in [1.29, 1.82) is 0 Å². The van der Waals surface area contributed by atoms with Gasteiger partial charge in [0.05, 0.1) is 4.92 Å². The molecule has 0 bridgehead atoms. The fraction of sp³-hybridized carbons (Fsp3) is 0.533. The van der Waals surface area contributed by atoms with Crippen LogP contribution in [0.15, 0.2) is 18.2 Å². The number of nitrogens with one attached hydrogen (secondary N) is 2. The molecule has 1 fully saturated rings. The van der Waals surface area contributed by atoms with E-state index in [0.29, 0.717) is 23.7 Å². The Morgan fingerprint density at radius 1 is 1.43 bits per heavy atom. The van der Waals surface area contributed by atoms with Gasteiger partial charge in [0.25, 0.3) is 11.6 Å². The highest BCUT2D eigenvalue weighted by molar-refractivity contribution is 5.95. The third-order valence-electron chi connectivity index (χ3n) is 3.72. The molecular formula is C15H21N3O3. The SMILES string of the molecule is CCCC1CC1Nc1cc(C(=O)NCC)ccc1[N+](=O)[O-]. The average Bonchev–Trinajstić information content (AvgIpc) is 3.17. The van der Waals surface area contributed by atoms with Crippen LogP contribution < -0.4 is 10.6 Å². The van der Waals surface area contributed by atoms with E-state index in [0.717, 1.165) is 19.3 Å². The molecule has 0 radical (unpaired) electrons. The summed E-state index contributed by atoms with van der Waals surface area (Å²) in [5.74, 6) is 0.374. The zero-order chi connectivity index (χ0) is 15.4. The highest BCUT2D eigenvalue weighted by Gasteiger charge is 2.37. The summed E-state index contributed by atoms with van der Waals surface area (Å²) >= 11 is 0. The van der Waals surface area contributed by atoms with Crippen molar-refractivity contribution in [3.05, 3.63) is 33.9 Å². The number of amides is 1. The molecule has 1 aromatic carbocycles. The van der Waals surface area contributed by atoms with Crippen LogP contribution in [0.4, 0.5) is 11.4 Å². The van der Waals surface area contributed by atoms with Gasteiger partial charge in [0, 0.05) is 24.2 Å². The molecule has 1 saturated carbocycles. The van der Waals surface area contributed by atoms with E-state index < -0.39 is 4.92 Å². The molecule has 2 atom stereocenters. The van der Waals surface area contributed by atoms with E-state index in [-0.39, 0.29) is 17.6 Å². The van der Waals surface area contributed by atoms with Crippen LogP contribution in [-0.2, 0) is 0 Å². The Hall–Kier alpha value is -2.11. The quantitative estimate of drug-likeness (QED) is 0.597. The van der Waals surface area contributed by atoms with Crippen LogP contribution in [0.25, 0.3) is 0 Å². The van der Waals surface area contributed by atoms with Gasteiger partial charge >= 0.3 is 0 Å². The number of nitrogens with zero attached hydrogens (tertiary/aromatic N) is 1. The molecule has 0 aromatic heterocycles. The summed E-state index contributed by atoms with van der Waals surface area (Å²) in [5.41, 5.74) is 0.898. The number of benzene rings is 1. The summed E-state index contributed by atoms with van der Waals surface area (Å²) in [6.07, 6.45) is 3.28. The standard InChI is InChI=1S/C15H21N3O3/c1-3-5-10-8-12(10)17-13-9-11(15(19)16-4-2)6-7-14(13)18(20)21/h6-7,9-10,12,17H,3-5,8H2,1-2H3,(H,16,19). The smallest absolute Gasteiger partial charge is 0.292 e. The minimum atomic E-state index is -0.416. The van der Waals surface area contributed by atoms with Gasteiger partial charge in [-0.05, 0) is 37.8 Å². The van der Waals surface area contributed by atoms with Gasteiger partial charge in [-0.25, -0.2) is 0 Å². The van der Waals surface area contributed by atoms with Gasteiger partial charge in [0.15, 0.2) is 0 Å². The van der Waals surface area contributed by atoms with Crippen LogP contribution in [0.1, 0.15) is 43.5 Å². The topological polar surface area (TPSA) is 84.3 Å². The molecule has 0 spiro atoms. The second-order valence-corrected chi connectivity index (χ2v) is 5.38. The maximum atomic E-state index is 11.8.